The molecular formula is C28H36N2O12. The van der Waals surface area contributed by atoms with Crippen molar-refractivity contribution < 1.29 is 57.2 Å². The summed E-state index contributed by atoms with van der Waals surface area (Å²) in [5, 5.41) is 5.86. The Morgan fingerprint density at radius 3 is 1.67 bits per heavy atom. The minimum atomic E-state index is -1.75. The summed E-state index contributed by atoms with van der Waals surface area (Å²) >= 11 is 0. The molecule has 1 aliphatic carbocycles. The van der Waals surface area contributed by atoms with E-state index in [2.05, 4.69) is 10.6 Å². The van der Waals surface area contributed by atoms with Gasteiger partial charge in [-0.15, -0.1) is 0 Å². The molecule has 3 aliphatic rings. The van der Waals surface area contributed by atoms with Gasteiger partial charge in [-0.1, -0.05) is 0 Å². The van der Waals surface area contributed by atoms with Gasteiger partial charge in [0.2, 0.25) is 17.4 Å². The Morgan fingerprint density at radius 1 is 0.690 bits per heavy atom. The molecule has 42 heavy (non-hydrogen) atoms. The highest BCUT2D eigenvalue weighted by molar-refractivity contribution is 6.20. The summed E-state index contributed by atoms with van der Waals surface area (Å²) in [5.41, 5.74) is -2.82. The summed E-state index contributed by atoms with van der Waals surface area (Å²) < 4.78 is 31.5. The largest absolute Gasteiger partial charge is 0.469 e. The molecule has 230 valence electrons. The van der Waals surface area contributed by atoms with Crippen molar-refractivity contribution in [2.45, 2.75) is 58.7 Å². The predicted octanol–water partition coefficient (Wildman–Crippen LogP) is 0.561. The lowest BCUT2D eigenvalue weighted by atomic mass is 9.68. The number of allylic oxidation sites excluding steroid dienone is 1. The maximum Gasteiger partial charge on any atom is 0.340 e. The number of carbonyl (C=O) groups excluding carboxylic acids is 6. The van der Waals surface area contributed by atoms with Crippen LogP contribution in [-0.2, 0) is 57.2 Å². The zero-order valence-electron chi connectivity index (χ0n) is 25.2. The number of Topliss-reactive ketones (excluding diaryl/α,β-unsaturated/α-hetero) is 2. The van der Waals surface area contributed by atoms with Gasteiger partial charge in [0.05, 0.1) is 39.9 Å². The molecule has 0 aromatic rings. The predicted molar refractivity (Wildman–Crippen MR) is 141 cm³/mol. The van der Waals surface area contributed by atoms with Crippen LogP contribution in [0.15, 0.2) is 34.2 Å². The van der Waals surface area contributed by atoms with Gasteiger partial charge < -0.3 is 39.1 Å². The third-order valence-electron chi connectivity index (χ3n) is 6.49. The summed E-state index contributed by atoms with van der Waals surface area (Å²) in [4.78, 5) is 80.8. The summed E-state index contributed by atoms with van der Waals surface area (Å²) in [6, 6.07) is 0. The van der Waals surface area contributed by atoms with E-state index in [1.165, 1.54) is 0 Å². The Kier molecular flexibility index (Phi) is 8.80. The molecule has 0 saturated carbocycles. The lowest BCUT2D eigenvalue weighted by Crippen LogP contribution is -2.57. The van der Waals surface area contributed by atoms with Gasteiger partial charge in [-0.25, -0.2) is 9.59 Å². The van der Waals surface area contributed by atoms with E-state index in [0.29, 0.717) is 0 Å². The molecule has 3 rings (SSSR count). The van der Waals surface area contributed by atoms with Crippen LogP contribution in [0.4, 0.5) is 0 Å². The number of carbonyl (C=O) groups is 6. The Balaban J connectivity index is 2.34. The number of rotatable bonds is 6. The van der Waals surface area contributed by atoms with Crippen molar-refractivity contribution in [1.82, 2.24) is 10.6 Å². The smallest absolute Gasteiger partial charge is 0.340 e. The van der Waals surface area contributed by atoms with Crippen molar-refractivity contribution in [3.63, 3.8) is 0 Å². The van der Waals surface area contributed by atoms with Gasteiger partial charge >= 0.3 is 23.9 Å². The Labute approximate surface area is 242 Å². The summed E-state index contributed by atoms with van der Waals surface area (Å²) in [5.74, 6) is -12.3. The summed E-state index contributed by atoms with van der Waals surface area (Å²) in [6.45, 7) is 10.3. The number of fused-ring (bicyclic) bond motifs is 1. The first-order valence-corrected chi connectivity index (χ1v) is 13.0. The van der Waals surface area contributed by atoms with Gasteiger partial charge in [-0.3, -0.25) is 19.2 Å². The molecule has 2 N–H and O–H groups in total. The number of esters is 4. The average molecular weight is 593 g/mol. The third-order valence-corrected chi connectivity index (χ3v) is 6.49. The van der Waals surface area contributed by atoms with Crippen LogP contribution >= 0.6 is 0 Å². The number of ketones is 2. The second-order valence-electron chi connectivity index (χ2n) is 11.8. The quantitative estimate of drug-likeness (QED) is 0.322. The molecule has 0 radical (unpaired) electrons. The first-order valence-electron chi connectivity index (χ1n) is 13.0. The number of hydrogen-bond acceptors (Lipinski definition) is 14. The summed E-state index contributed by atoms with van der Waals surface area (Å²) in [7, 11) is 4.25. The molecular weight excluding hydrogens is 556 g/mol. The van der Waals surface area contributed by atoms with Crippen LogP contribution in [0.3, 0.4) is 0 Å². The third kappa shape index (κ3) is 5.83. The van der Waals surface area contributed by atoms with Crippen LogP contribution in [0.25, 0.3) is 0 Å². The highest BCUT2D eigenvalue weighted by Gasteiger charge is 2.61. The number of hydrogen-bond donors (Lipinski definition) is 2. The molecule has 4 atom stereocenters. The fourth-order valence-electron chi connectivity index (χ4n) is 4.89. The maximum absolute atomic E-state index is 14.2. The van der Waals surface area contributed by atoms with Gasteiger partial charge in [0.15, 0.2) is 17.7 Å². The van der Waals surface area contributed by atoms with E-state index < -0.39 is 87.3 Å². The normalized spacial score (nSPS) is 24.0. The van der Waals surface area contributed by atoms with Crippen molar-refractivity contribution in [1.29, 1.82) is 0 Å². The highest BCUT2D eigenvalue weighted by Crippen LogP contribution is 2.47. The van der Waals surface area contributed by atoms with E-state index in [-0.39, 0.29) is 17.3 Å². The number of ether oxygens (including phenoxy) is 6. The Bertz CT molecular complexity index is 1290. The van der Waals surface area contributed by atoms with Gasteiger partial charge in [-0.2, -0.15) is 0 Å². The second kappa shape index (κ2) is 11.5. The molecule has 2 heterocycles. The standard InChI is InChI=1S/C28H36N2O12/c1-27(2,3)29-21-15(25(35)39-9)11(23(33)37-7)13-18(32)20-14(17(31)19(13)41-21)12(24(34)38-8)16(26(36)40-10)22(42-20)30-28(4,5)6/h11-13,19,29-30H,1-10H3. The molecule has 0 amide bonds. The highest BCUT2D eigenvalue weighted by atomic mass is 16.6. The molecule has 0 aromatic heterocycles. The molecule has 4 unspecified atom stereocenters. The van der Waals surface area contributed by atoms with Gasteiger partial charge in [-0.05, 0) is 41.5 Å². The fraction of sp³-hybridized carbons (Fsp3) is 0.571. The molecule has 0 bridgehead atoms. The van der Waals surface area contributed by atoms with Crippen LogP contribution in [0.5, 0.6) is 0 Å². The van der Waals surface area contributed by atoms with Crippen molar-refractivity contribution in [3.8, 4) is 0 Å². The van der Waals surface area contributed by atoms with Crippen LogP contribution in [0.2, 0.25) is 0 Å². The molecule has 2 aliphatic heterocycles. The van der Waals surface area contributed by atoms with Crippen molar-refractivity contribution in [3.05, 3.63) is 34.2 Å². The topological polar surface area (TPSA) is 182 Å². The van der Waals surface area contributed by atoms with Gasteiger partial charge in [0.25, 0.3) is 0 Å². The second-order valence-corrected chi connectivity index (χ2v) is 11.8. The molecule has 0 saturated heterocycles. The Morgan fingerprint density at radius 2 is 1.19 bits per heavy atom. The lowest BCUT2D eigenvalue weighted by molar-refractivity contribution is -0.161. The minimum Gasteiger partial charge on any atom is -0.469 e. The average Bonchev–Trinajstić information content (AvgIpc) is 2.90. The van der Waals surface area contributed by atoms with Crippen LogP contribution in [-0.4, -0.2) is 81.1 Å². The summed E-state index contributed by atoms with van der Waals surface area (Å²) in [6.07, 6.45) is -1.73. The van der Waals surface area contributed by atoms with Crippen LogP contribution in [0.1, 0.15) is 41.5 Å². The van der Waals surface area contributed by atoms with E-state index in [1.54, 1.807) is 41.5 Å². The Hall–Kier alpha value is -4.36. The van der Waals surface area contributed by atoms with Crippen LogP contribution < -0.4 is 10.6 Å². The first kappa shape index (κ1) is 32.2. The minimum absolute atomic E-state index is 0.290. The number of methoxy groups -OCH3 is 4. The molecule has 0 aromatic carbocycles. The molecule has 14 nitrogen and oxygen atoms in total. The first-order chi connectivity index (χ1) is 19.4. The van der Waals surface area contributed by atoms with E-state index in [4.69, 9.17) is 28.4 Å². The molecule has 0 spiro atoms. The van der Waals surface area contributed by atoms with Crippen molar-refractivity contribution in [2.24, 2.45) is 17.8 Å². The van der Waals surface area contributed by atoms with E-state index in [9.17, 15) is 28.8 Å². The van der Waals surface area contributed by atoms with E-state index in [1.807, 2.05) is 0 Å². The number of nitrogens with one attached hydrogen (secondary N) is 2. The van der Waals surface area contributed by atoms with Crippen molar-refractivity contribution >= 4 is 35.4 Å². The van der Waals surface area contributed by atoms with Gasteiger partial charge in [0.1, 0.15) is 23.0 Å². The van der Waals surface area contributed by atoms with Gasteiger partial charge in [0, 0.05) is 11.1 Å². The van der Waals surface area contributed by atoms with E-state index in [0.717, 1.165) is 28.4 Å². The molecule has 14 heteroatoms. The SMILES string of the molecule is COC(=O)C1=C(NC(C)(C)C)OC2=C(C(=O)C3OC(NC(C)(C)C)=C(C(=O)OC)C(C(=O)OC)C3C2=O)C1C(=O)OC. The van der Waals surface area contributed by atoms with Crippen LogP contribution in [0, 0.1) is 17.8 Å². The van der Waals surface area contributed by atoms with E-state index >= 15 is 0 Å². The molecule has 0 fully saturated rings. The fourth-order valence-corrected chi connectivity index (χ4v) is 4.89. The van der Waals surface area contributed by atoms with Crippen molar-refractivity contribution in [2.75, 3.05) is 28.4 Å². The monoisotopic (exact) mass is 592 g/mol. The maximum atomic E-state index is 14.2. The lowest BCUT2D eigenvalue weighted by Gasteiger charge is -2.43. The zero-order chi connectivity index (χ0) is 31.9. The zero-order valence-corrected chi connectivity index (χ0v) is 25.2.